The van der Waals surface area contributed by atoms with Gasteiger partial charge in [-0.2, -0.15) is 0 Å². The summed E-state index contributed by atoms with van der Waals surface area (Å²) in [4.78, 5) is 13.0. The second kappa shape index (κ2) is 5.07. The summed E-state index contributed by atoms with van der Waals surface area (Å²) in [7, 11) is 1.79. The van der Waals surface area contributed by atoms with Crippen molar-refractivity contribution >= 4 is 6.09 Å². The first-order valence-corrected chi connectivity index (χ1v) is 4.73. The molecule has 1 fully saturated rings. The van der Waals surface area contributed by atoms with Gasteiger partial charge in [-0.3, -0.25) is 0 Å². The van der Waals surface area contributed by atoms with Crippen LogP contribution in [0, 0.1) is 0 Å². The summed E-state index contributed by atoms with van der Waals surface area (Å²) in [5.74, 6) is 0. The molecule has 4 nitrogen and oxygen atoms in total. The molecule has 4 heteroatoms. The predicted octanol–water partition coefficient (Wildman–Crippen LogP) is 1.25. The molecule has 1 aliphatic rings. The van der Waals surface area contributed by atoms with Gasteiger partial charge in [0.2, 0.25) is 0 Å². The minimum atomic E-state index is -0.227. The highest BCUT2D eigenvalue weighted by molar-refractivity contribution is 5.67. The molecule has 0 aromatic heterocycles. The largest absolute Gasteiger partial charge is 0.450 e. The Morgan fingerprint density at radius 1 is 1.54 bits per heavy atom. The number of carbonyl (C=O) groups is 1. The van der Waals surface area contributed by atoms with Crippen LogP contribution >= 0.6 is 0 Å². The Labute approximate surface area is 78.8 Å². The fourth-order valence-electron chi connectivity index (χ4n) is 1.45. The van der Waals surface area contributed by atoms with Crippen LogP contribution in [-0.4, -0.2) is 43.9 Å². The molecule has 13 heavy (non-hydrogen) atoms. The van der Waals surface area contributed by atoms with Crippen molar-refractivity contribution in [1.82, 2.24) is 4.90 Å². The Morgan fingerprint density at radius 3 is 2.69 bits per heavy atom. The van der Waals surface area contributed by atoms with Crippen LogP contribution in [0.15, 0.2) is 0 Å². The molecule has 0 aromatic rings. The average molecular weight is 187 g/mol. The molecule has 0 saturated carbocycles. The third kappa shape index (κ3) is 2.88. The number of hydrogen-bond acceptors (Lipinski definition) is 3. The molecule has 0 radical (unpaired) electrons. The van der Waals surface area contributed by atoms with E-state index in [0.29, 0.717) is 6.61 Å². The summed E-state index contributed by atoms with van der Waals surface area (Å²) in [5.41, 5.74) is 0. The summed E-state index contributed by atoms with van der Waals surface area (Å²) < 4.78 is 10.1. The Hall–Kier alpha value is -0.770. The van der Waals surface area contributed by atoms with Gasteiger partial charge in [-0.05, 0) is 19.8 Å². The number of amides is 1. The van der Waals surface area contributed by atoms with Gasteiger partial charge in [0.1, 0.15) is 0 Å². The maximum atomic E-state index is 11.3. The lowest BCUT2D eigenvalue weighted by atomic mass is 10.1. The Bertz CT molecular complexity index is 166. The number of hydrogen-bond donors (Lipinski definition) is 0. The van der Waals surface area contributed by atoms with Crippen LogP contribution in [0.4, 0.5) is 4.79 Å². The van der Waals surface area contributed by atoms with E-state index in [1.165, 1.54) is 0 Å². The summed E-state index contributed by atoms with van der Waals surface area (Å²) in [5, 5.41) is 0. The molecule has 0 aromatic carbocycles. The van der Waals surface area contributed by atoms with Gasteiger partial charge in [0.05, 0.1) is 6.61 Å². The number of ether oxygens (including phenoxy) is 2. The van der Waals surface area contributed by atoms with Crippen LogP contribution in [0.2, 0.25) is 0 Å². The van der Waals surface area contributed by atoms with E-state index in [1.807, 2.05) is 6.92 Å². The third-order valence-electron chi connectivity index (χ3n) is 2.29. The lowest BCUT2D eigenvalue weighted by Gasteiger charge is -2.30. The minimum Gasteiger partial charge on any atom is -0.450 e. The van der Waals surface area contributed by atoms with Gasteiger partial charge in [-0.25, -0.2) is 4.79 Å². The van der Waals surface area contributed by atoms with Crippen LogP contribution in [0.5, 0.6) is 0 Å². The van der Waals surface area contributed by atoms with Crippen molar-refractivity contribution in [3.63, 3.8) is 0 Å². The summed E-state index contributed by atoms with van der Waals surface area (Å²) >= 11 is 0. The molecular weight excluding hydrogens is 170 g/mol. The zero-order valence-electron chi connectivity index (χ0n) is 8.28. The van der Waals surface area contributed by atoms with Crippen molar-refractivity contribution in [2.75, 3.05) is 26.9 Å². The van der Waals surface area contributed by atoms with E-state index in [-0.39, 0.29) is 12.1 Å². The molecule has 0 bridgehead atoms. The van der Waals surface area contributed by atoms with E-state index in [4.69, 9.17) is 9.47 Å². The molecule has 1 heterocycles. The SMILES string of the molecule is CCOC(=O)N(C)C1CCOCC1. The molecule has 76 valence electrons. The number of nitrogens with zero attached hydrogens (tertiary/aromatic N) is 1. The van der Waals surface area contributed by atoms with E-state index in [2.05, 4.69) is 0 Å². The minimum absolute atomic E-state index is 0.227. The Balaban J connectivity index is 2.35. The summed E-state index contributed by atoms with van der Waals surface area (Å²) in [6, 6.07) is 0.285. The quantitative estimate of drug-likeness (QED) is 0.653. The van der Waals surface area contributed by atoms with Crippen molar-refractivity contribution in [1.29, 1.82) is 0 Å². The van der Waals surface area contributed by atoms with Gasteiger partial charge in [-0.15, -0.1) is 0 Å². The summed E-state index contributed by atoms with van der Waals surface area (Å²) in [6.07, 6.45) is 1.60. The maximum absolute atomic E-state index is 11.3. The van der Waals surface area contributed by atoms with Crippen LogP contribution in [0.25, 0.3) is 0 Å². The lowest BCUT2D eigenvalue weighted by molar-refractivity contribution is 0.0359. The molecule has 0 aliphatic carbocycles. The van der Waals surface area contributed by atoms with Crippen LogP contribution in [-0.2, 0) is 9.47 Å². The molecule has 1 amide bonds. The first-order valence-electron chi connectivity index (χ1n) is 4.73. The predicted molar refractivity (Wildman–Crippen MR) is 48.6 cm³/mol. The average Bonchev–Trinajstić information content (AvgIpc) is 2.18. The monoisotopic (exact) mass is 187 g/mol. The van der Waals surface area contributed by atoms with Gasteiger partial charge in [0.15, 0.2) is 0 Å². The lowest BCUT2D eigenvalue weighted by Crippen LogP contribution is -2.40. The number of rotatable bonds is 2. The summed E-state index contributed by atoms with van der Waals surface area (Å²) in [6.45, 7) is 3.74. The molecule has 1 rings (SSSR count). The zero-order valence-corrected chi connectivity index (χ0v) is 8.28. The normalized spacial score (nSPS) is 18.3. The van der Waals surface area contributed by atoms with Crippen LogP contribution in [0.3, 0.4) is 0 Å². The molecule has 0 spiro atoms. The maximum Gasteiger partial charge on any atom is 0.409 e. The van der Waals surface area contributed by atoms with Gasteiger partial charge in [0, 0.05) is 26.3 Å². The first kappa shape index (κ1) is 10.3. The highest BCUT2D eigenvalue weighted by Crippen LogP contribution is 2.13. The van der Waals surface area contributed by atoms with Crippen molar-refractivity contribution in [3.05, 3.63) is 0 Å². The van der Waals surface area contributed by atoms with E-state index < -0.39 is 0 Å². The fourth-order valence-corrected chi connectivity index (χ4v) is 1.45. The fraction of sp³-hybridized carbons (Fsp3) is 0.889. The molecule has 1 saturated heterocycles. The second-order valence-electron chi connectivity index (χ2n) is 3.15. The van der Waals surface area contributed by atoms with E-state index in [0.717, 1.165) is 26.1 Å². The van der Waals surface area contributed by atoms with Crippen molar-refractivity contribution < 1.29 is 14.3 Å². The van der Waals surface area contributed by atoms with Crippen LogP contribution < -0.4 is 0 Å². The highest BCUT2D eigenvalue weighted by Gasteiger charge is 2.22. The van der Waals surface area contributed by atoms with E-state index in [9.17, 15) is 4.79 Å². The second-order valence-corrected chi connectivity index (χ2v) is 3.15. The van der Waals surface area contributed by atoms with Gasteiger partial charge < -0.3 is 14.4 Å². The number of carbonyl (C=O) groups excluding carboxylic acids is 1. The van der Waals surface area contributed by atoms with Gasteiger partial charge in [-0.1, -0.05) is 0 Å². The Kier molecular flexibility index (Phi) is 4.02. The van der Waals surface area contributed by atoms with E-state index in [1.54, 1.807) is 11.9 Å². The van der Waals surface area contributed by atoms with Crippen LogP contribution in [0.1, 0.15) is 19.8 Å². The smallest absolute Gasteiger partial charge is 0.409 e. The van der Waals surface area contributed by atoms with Gasteiger partial charge >= 0.3 is 6.09 Å². The third-order valence-corrected chi connectivity index (χ3v) is 2.29. The molecule has 0 unspecified atom stereocenters. The van der Waals surface area contributed by atoms with Crippen molar-refractivity contribution in [3.8, 4) is 0 Å². The molecule has 1 aliphatic heterocycles. The highest BCUT2D eigenvalue weighted by atomic mass is 16.6. The van der Waals surface area contributed by atoms with E-state index >= 15 is 0 Å². The molecular formula is C9H17NO3. The van der Waals surface area contributed by atoms with Crippen molar-refractivity contribution in [2.24, 2.45) is 0 Å². The van der Waals surface area contributed by atoms with Crippen molar-refractivity contribution in [2.45, 2.75) is 25.8 Å². The zero-order chi connectivity index (χ0) is 9.68. The van der Waals surface area contributed by atoms with Gasteiger partial charge in [0.25, 0.3) is 0 Å². The Morgan fingerprint density at radius 2 is 2.15 bits per heavy atom. The molecule has 0 N–H and O–H groups in total. The molecule has 0 atom stereocenters. The topological polar surface area (TPSA) is 38.8 Å². The first-order chi connectivity index (χ1) is 6.25. The standard InChI is InChI=1S/C9H17NO3/c1-3-13-9(11)10(2)8-4-6-12-7-5-8/h8H,3-7H2,1-2H3.